The fraction of sp³-hybridized carbons (Fsp3) is 0.294. The van der Waals surface area contributed by atoms with Crippen molar-refractivity contribution in [2.45, 2.75) is 30.3 Å². The maximum absolute atomic E-state index is 13.1. The van der Waals surface area contributed by atoms with Crippen LogP contribution in [0.25, 0.3) is 11.0 Å². The molecule has 0 spiro atoms. The Morgan fingerprint density at radius 1 is 1.24 bits per heavy atom. The highest BCUT2D eigenvalue weighted by Crippen LogP contribution is 2.28. The number of hydrogen-bond acceptors (Lipinski definition) is 5. The molecule has 1 saturated heterocycles. The number of benzene rings is 1. The van der Waals surface area contributed by atoms with Crippen LogP contribution in [0.2, 0.25) is 0 Å². The molecule has 2 aromatic heterocycles. The molecule has 8 heteroatoms. The molecule has 4 rings (SSSR count). The number of fused-ring (bicyclic) bond motifs is 1. The summed E-state index contributed by atoms with van der Waals surface area (Å²) in [6, 6.07) is 7.35. The largest absolute Gasteiger partial charge is 0.423 e. The van der Waals surface area contributed by atoms with Crippen LogP contribution in [0.3, 0.4) is 0 Å². The van der Waals surface area contributed by atoms with Crippen molar-refractivity contribution >= 4 is 21.0 Å². The summed E-state index contributed by atoms with van der Waals surface area (Å²) in [5.74, 6) is 0. The number of imidazole rings is 1. The van der Waals surface area contributed by atoms with Crippen LogP contribution in [0.4, 0.5) is 0 Å². The Morgan fingerprint density at radius 2 is 2.12 bits per heavy atom. The molecule has 7 nitrogen and oxygen atoms in total. The van der Waals surface area contributed by atoms with Gasteiger partial charge in [0.15, 0.2) is 0 Å². The molecule has 0 saturated carbocycles. The van der Waals surface area contributed by atoms with E-state index in [9.17, 15) is 13.2 Å². The predicted octanol–water partition coefficient (Wildman–Crippen LogP) is 1.84. The summed E-state index contributed by atoms with van der Waals surface area (Å²) in [5.41, 5.74) is -0.0779. The van der Waals surface area contributed by atoms with Gasteiger partial charge in [0.1, 0.15) is 5.58 Å². The van der Waals surface area contributed by atoms with E-state index in [1.165, 1.54) is 18.2 Å². The molecule has 3 heterocycles. The summed E-state index contributed by atoms with van der Waals surface area (Å²) < 4.78 is 34.7. The van der Waals surface area contributed by atoms with Gasteiger partial charge in [-0.05, 0) is 37.1 Å². The van der Waals surface area contributed by atoms with Gasteiger partial charge in [0.25, 0.3) is 0 Å². The van der Waals surface area contributed by atoms with Crippen LogP contribution in [0.15, 0.2) is 63.2 Å². The molecular weight excluding hydrogens is 342 g/mol. The van der Waals surface area contributed by atoms with Gasteiger partial charge in [-0.3, -0.25) is 0 Å². The lowest BCUT2D eigenvalue weighted by atomic mass is 10.2. The Morgan fingerprint density at radius 3 is 2.92 bits per heavy atom. The normalized spacial score (nSPS) is 18.8. The Kier molecular flexibility index (Phi) is 3.93. The van der Waals surface area contributed by atoms with Crippen LogP contribution < -0.4 is 5.63 Å². The molecule has 1 aliphatic heterocycles. The number of sulfonamides is 1. The standard InChI is InChI=1S/C17H17N3O4S/c21-17-6-3-13-10-15(4-5-16(13)24-17)25(22,23)20-8-1-2-14(20)11-19-9-7-18-12-19/h3-7,9-10,12,14H,1-2,8,11H2. The first-order valence-electron chi connectivity index (χ1n) is 8.05. The lowest BCUT2D eigenvalue weighted by Gasteiger charge is -2.24. The molecule has 0 bridgehead atoms. The molecule has 1 aliphatic rings. The van der Waals surface area contributed by atoms with Crippen LogP contribution in [0.1, 0.15) is 12.8 Å². The van der Waals surface area contributed by atoms with Crippen molar-refractivity contribution in [3.05, 3.63) is 59.5 Å². The van der Waals surface area contributed by atoms with Crippen molar-refractivity contribution in [1.82, 2.24) is 13.9 Å². The minimum absolute atomic E-state index is 0.0939. The second kappa shape index (κ2) is 6.12. The number of aromatic nitrogens is 2. The summed E-state index contributed by atoms with van der Waals surface area (Å²) in [5, 5.41) is 0.589. The third-order valence-corrected chi connectivity index (χ3v) is 6.45. The molecule has 25 heavy (non-hydrogen) atoms. The van der Waals surface area contributed by atoms with E-state index in [0.29, 0.717) is 24.1 Å². The van der Waals surface area contributed by atoms with Crippen LogP contribution in [-0.2, 0) is 16.6 Å². The Labute approximate surface area is 144 Å². The molecule has 1 unspecified atom stereocenters. The van der Waals surface area contributed by atoms with Crippen molar-refractivity contribution < 1.29 is 12.8 Å². The first-order valence-corrected chi connectivity index (χ1v) is 9.49. The highest BCUT2D eigenvalue weighted by Gasteiger charge is 2.35. The van der Waals surface area contributed by atoms with Crippen molar-refractivity contribution in [3.8, 4) is 0 Å². The average molecular weight is 359 g/mol. The Bertz CT molecular complexity index is 1060. The molecule has 0 radical (unpaired) electrons. The van der Waals surface area contributed by atoms with Gasteiger partial charge in [0, 0.05) is 43.0 Å². The van der Waals surface area contributed by atoms with Gasteiger partial charge in [0.05, 0.1) is 11.2 Å². The second-order valence-corrected chi connectivity index (χ2v) is 8.02. The van der Waals surface area contributed by atoms with Gasteiger partial charge in [0.2, 0.25) is 10.0 Å². The molecule has 3 aromatic rings. The zero-order valence-corrected chi connectivity index (χ0v) is 14.2. The predicted molar refractivity (Wildman–Crippen MR) is 91.6 cm³/mol. The van der Waals surface area contributed by atoms with Gasteiger partial charge in [-0.1, -0.05) is 0 Å². The van der Waals surface area contributed by atoms with Crippen molar-refractivity contribution in [1.29, 1.82) is 0 Å². The summed E-state index contributed by atoms with van der Waals surface area (Å²) in [4.78, 5) is 15.5. The van der Waals surface area contributed by atoms with Crippen LogP contribution in [0, 0.1) is 0 Å². The Balaban J connectivity index is 1.68. The number of hydrogen-bond donors (Lipinski definition) is 0. The monoisotopic (exact) mass is 359 g/mol. The van der Waals surface area contributed by atoms with E-state index < -0.39 is 15.6 Å². The molecule has 0 amide bonds. The minimum Gasteiger partial charge on any atom is -0.423 e. The van der Waals surface area contributed by atoms with Crippen LogP contribution in [0.5, 0.6) is 0 Å². The van der Waals surface area contributed by atoms with E-state index in [0.717, 1.165) is 12.8 Å². The van der Waals surface area contributed by atoms with Crippen molar-refractivity contribution in [3.63, 3.8) is 0 Å². The highest BCUT2D eigenvalue weighted by atomic mass is 32.2. The fourth-order valence-corrected chi connectivity index (χ4v) is 5.01. The van der Waals surface area contributed by atoms with Crippen LogP contribution in [-0.4, -0.2) is 34.9 Å². The van der Waals surface area contributed by atoms with Gasteiger partial charge in [-0.15, -0.1) is 0 Å². The minimum atomic E-state index is -3.61. The maximum atomic E-state index is 13.1. The first kappa shape index (κ1) is 16.0. The summed E-state index contributed by atoms with van der Waals surface area (Å²) in [6.07, 6.45) is 6.87. The molecule has 0 aliphatic carbocycles. The summed E-state index contributed by atoms with van der Waals surface area (Å²) >= 11 is 0. The van der Waals surface area contributed by atoms with E-state index >= 15 is 0 Å². The highest BCUT2D eigenvalue weighted by molar-refractivity contribution is 7.89. The van der Waals surface area contributed by atoms with E-state index in [1.807, 2.05) is 10.8 Å². The zero-order valence-electron chi connectivity index (χ0n) is 13.4. The second-order valence-electron chi connectivity index (χ2n) is 6.13. The molecule has 130 valence electrons. The average Bonchev–Trinajstić information content (AvgIpc) is 3.27. The lowest BCUT2D eigenvalue weighted by Crippen LogP contribution is -2.37. The maximum Gasteiger partial charge on any atom is 0.336 e. The van der Waals surface area contributed by atoms with Crippen LogP contribution >= 0.6 is 0 Å². The molecule has 1 fully saturated rings. The zero-order chi connectivity index (χ0) is 17.4. The van der Waals surface area contributed by atoms with E-state index in [4.69, 9.17) is 4.42 Å². The summed E-state index contributed by atoms with van der Waals surface area (Å²) in [7, 11) is -3.61. The van der Waals surface area contributed by atoms with E-state index in [2.05, 4.69) is 4.98 Å². The van der Waals surface area contributed by atoms with E-state index in [-0.39, 0.29) is 10.9 Å². The fourth-order valence-electron chi connectivity index (χ4n) is 3.29. The first-order chi connectivity index (χ1) is 12.0. The van der Waals surface area contributed by atoms with Crippen molar-refractivity contribution in [2.75, 3.05) is 6.54 Å². The molecular formula is C17H17N3O4S. The van der Waals surface area contributed by atoms with Gasteiger partial charge in [-0.25, -0.2) is 18.2 Å². The van der Waals surface area contributed by atoms with Crippen molar-refractivity contribution in [2.24, 2.45) is 0 Å². The van der Waals surface area contributed by atoms with Gasteiger partial charge < -0.3 is 8.98 Å². The third kappa shape index (κ3) is 2.98. The lowest BCUT2D eigenvalue weighted by molar-refractivity contribution is 0.352. The number of nitrogens with zero attached hydrogens (tertiary/aromatic N) is 3. The van der Waals surface area contributed by atoms with Gasteiger partial charge in [-0.2, -0.15) is 4.31 Å². The SMILES string of the molecule is O=c1ccc2cc(S(=O)(=O)N3CCCC3Cn3ccnc3)ccc2o1. The molecule has 1 atom stereocenters. The Hall–Kier alpha value is -2.45. The quantitative estimate of drug-likeness (QED) is 0.664. The third-order valence-electron chi connectivity index (χ3n) is 4.50. The topological polar surface area (TPSA) is 85.4 Å². The smallest absolute Gasteiger partial charge is 0.336 e. The molecule has 1 aromatic carbocycles. The summed E-state index contributed by atoms with van der Waals surface area (Å²) in [6.45, 7) is 1.09. The number of rotatable bonds is 4. The molecule has 0 N–H and O–H groups in total. The van der Waals surface area contributed by atoms with Gasteiger partial charge >= 0.3 is 5.63 Å². The van der Waals surface area contributed by atoms with E-state index in [1.54, 1.807) is 29.0 Å².